The molecule has 0 saturated heterocycles. The van der Waals surface area contributed by atoms with Crippen LogP contribution in [0, 0.1) is 12.3 Å². The molecule has 0 atom stereocenters. The van der Waals surface area contributed by atoms with Gasteiger partial charge in [-0.2, -0.15) is 0 Å². The van der Waals surface area contributed by atoms with Crippen molar-refractivity contribution in [3.05, 3.63) is 29.2 Å². The van der Waals surface area contributed by atoms with Crippen LogP contribution in [-0.2, 0) is 13.0 Å². The maximum Gasteiger partial charge on any atom is 0.197 e. The lowest BCUT2D eigenvalue weighted by Gasteiger charge is -2.09. The van der Waals surface area contributed by atoms with Gasteiger partial charge in [-0.15, -0.1) is 10.2 Å². The fourth-order valence-corrected chi connectivity index (χ4v) is 3.48. The summed E-state index contributed by atoms with van der Waals surface area (Å²) in [5, 5.41) is 17.8. The molecule has 0 unspecified atom stereocenters. The molecular weight excluding hydrogens is 284 g/mol. The Morgan fingerprint density at radius 3 is 2.95 bits per heavy atom. The molecule has 0 saturated carbocycles. The lowest BCUT2D eigenvalue weighted by molar-refractivity contribution is 0.590. The van der Waals surface area contributed by atoms with E-state index in [0.717, 1.165) is 41.1 Å². The monoisotopic (exact) mass is 302 g/mol. The molecule has 1 aliphatic rings. The zero-order chi connectivity index (χ0) is 14.8. The second kappa shape index (κ2) is 5.85. The summed E-state index contributed by atoms with van der Waals surface area (Å²) in [5.74, 6) is 1.08. The van der Waals surface area contributed by atoms with E-state index >= 15 is 0 Å². The molecule has 110 valence electrons. The first-order chi connectivity index (χ1) is 10.1. The molecular formula is C14H18N6S. The summed E-state index contributed by atoms with van der Waals surface area (Å²) in [6.45, 7) is 2.88. The topological polar surface area (TPSA) is 93.5 Å². The molecule has 21 heavy (non-hydrogen) atoms. The summed E-state index contributed by atoms with van der Waals surface area (Å²) in [6, 6.07) is 3.71. The van der Waals surface area contributed by atoms with Crippen LogP contribution in [0.15, 0.2) is 22.3 Å². The minimum atomic E-state index is 0.0283. The maximum absolute atomic E-state index is 7.68. The van der Waals surface area contributed by atoms with Crippen LogP contribution in [0.3, 0.4) is 0 Å². The number of aryl methyl sites for hydroxylation is 2. The highest BCUT2D eigenvalue weighted by Gasteiger charge is 2.18. The van der Waals surface area contributed by atoms with E-state index in [1.165, 1.54) is 24.6 Å². The Balaban J connectivity index is 1.96. The Kier molecular flexibility index (Phi) is 3.92. The molecule has 2 aromatic rings. The number of fused-ring (bicyclic) bond motifs is 1. The van der Waals surface area contributed by atoms with Crippen molar-refractivity contribution in [2.45, 2.75) is 49.3 Å². The van der Waals surface area contributed by atoms with Crippen molar-refractivity contribution in [3.63, 3.8) is 0 Å². The van der Waals surface area contributed by atoms with E-state index in [2.05, 4.69) is 19.7 Å². The fourth-order valence-electron chi connectivity index (χ4n) is 2.44. The lowest BCUT2D eigenvalue weighted by atomic mass is 10.2. The van der Waals surface area contributed by atoms with Crippen LogP contribution in [0.25, 0.3) is 0 Å². The quantitative estimate of drug-likeness (QED) is 0.669. The average molecular weight is 302 g/mol. The van der Waals surface area contributed by atoms with E-state index in [9.17, 15) is 0 Å². The molecule has 0 aromatic carbocycles. The molecule has 0 radical (unpaired) electrons. The molecule has 0 bridgehead atoms. The second-order valence-electron chi connectivity index (χ2n) is 5.18. The molecule has 6 nitrogen and oxygen atoms in total. The third kappa shape index (κ3) is 2.92. The number of aromatic nitrogens is 4. The standard InChI is InChI=1S/C14H18N6S/c1-9-6-7-10(12(15)16)13(17-9)21-14-19-18-11-5-3-2-4-8-20(11)14/h6-7H,2-5,8H2,1H3,(H3,15,16). The van der Waals surface area contributed by atoms with Gasteiger partial charge >= 0.3 is 0 Å². The van der Waals surface area contributed by atoms with Crippen molar-refractivity contribution in [1.29, 1.82) is 5.41 Å². The molecule has 0 amide bonds. The van der Waals surface area contributed by atoms with Gasteiger partial charge in [-0.05, 0) is 43.7 Å². The van der Waals surface area contributed by atoms with Crippen LogP contribution in [-0.4, -0.2) is 25.6 Å². The Morgan fingerprint density at radius 2 is 2.14 bits per heavy atom. The number of nitrogen functional groups attached to an aromatic ring is 1. The van der Waals surface area contributed by atoms with Gasteiger partial charge in [-0.25, -0.2) is 4.98 Å². The summed E-state index contributed by atoms with van der Waals surface area (Å²) >= 11 is 1.44. The summed E-state index contributed by atoms with van der Waals surface area (Å²) in [6.07, 6.45) is 4.53. The minimum Gasteiger partial charge on any atom is -0.384 e. The van der Waals surface area contributed by atoms with Crippen LogP contribution in [0.1, 0.15) is 36.3 Å². The van der Waals surface area contributed by atoms with E-state index in [1.807, 2.05) is 19.1 Å². The highest BCUT2D eigenvalue weighted by molar-refractivity contribution is 7.99. The first-order valence-corrected chi connectivity index (χ1v) is 7.89. The van der Waals surface area contributed by atoms with Crippen molar-refractivity contribution in [3.8, 4) is 0 Å². The van der Waals surface area contributed by atoms with Crippen molar-refractivity contribution >= 4 is 17.6 Å². The molecule has 7 heteroatoms. The second-order valence-corrected chi connectivity index (χ2v) is 6.14. The van der Waals surface area contributed by atoms with Gasteiger partial charge in [0.25, 0.3) is 0 Å². The number of rotatable bonds is 3. The SMILES string of the molecule is Cc1ccc(C(=N)N)c(Sc2nnc3n2CCCCC3)n1. The molecule has 0 fully saturated rings. The average Bonchev–Trinajstić information content (AvgIpc) is 2.68. The molecule has 3 rings (SSSR count). The van der Waals surface area contributed by atoms with Gasteiger partial charge in [0, 0.05) is 24.2 Å². The predicted octanol–water partition coefficient (Wildman–Crippen LogP) is 2.14. The number of amidine groups is 1. The summed E-state index contributed by atoms with van der Waals surface area (Å²) < 4.78 is 2.17. The maximum atomic E-state index is 7.68. The van der Waals surface area contributed by atoms with Crippen molar-refractivity contribution < 1.29 is 0 Å². The van der Waals surface area contributed by atoms with Gasteiger partial charge in [-0.1, -0.05) is 6.42 Å². The van der Waals surface area contributed by atoms with Gasteiger partial charge in [0.15, 0.2) is 5.16 Å². The first-order valence-electron chi connectivity index (χ1n) is 7.07. The highest BCUT2D eigenvalue weighted by Crippen LogP contribution is 2.29. The zero-order valence-corrected chi connectivity index (χ0v) is 12.8. The van der Waals surface area contributed by atoms with E-state index in [1.54, 1.807) is 0 Å². The summed E-state index contributed by atoms with van der Waals surface area (Å²) in [7, 11) is 0. The number of nitrogens with one attached hydrogen (secondary N) is 1. The third-order valence-corrected chi connectivity index (χ3v) is 4.54. The molecule has 1 aliphatic heterocycles. The number of pyridine rings is 1. The van der Waals surface area contributed by atoms with Gasteiger partial charge in [0.2, 0.25) is 0 Å². The van der Waals surface area contributed by atoms with E-state index in [0.29, 0.717) is 5.56 Å². The Labute approximate surface area is 127 Å². The lowest BCUT2D eigenvalue weighted by Crippen LogP contribution is -2.13. The zero-order valence-electron chi connectivity index (χ0n) is 12.0. The molecule has 0 spiro atoms. The van der Waals surface area contributed by atoms with Gasteiger partial charge in [-0.3, -0.25) is 5.41 Å². The van der Waals surface area contributed by atoms with Crippen LogP contribution in [0.5, 0.6) is 0 Å². The van der Waals surface area contributed by atoms with E-state index in [-0.39, 0.29) is 5.84 Å². The van der Waals surface area contributed by atoms with Crippen molar-refractivity contribution in [2.75, 3.05) is 0 Å². The largest absolute Gasteiger partial charge is 0.384 e. The summed E-state index contributed by atoms with van der Waals surface area (Å²) in [4.78, 5) is 4.50. The Bertz CT molecular complexity index is 678. The molecule has 2 aromatic heterocycles. The fraction of sp³-hybridized carbons (Fsp3) is 0.429. The van der Waals surface area contributed by atoms with Crippen LogP contribution < -0.4 is 5.73 Å². The van der Waals surface area contributed by atoms with Crippen LogP contribution in [0.2, 0.25) is 0 Å². The van der Waals surface area contributed by atoms with Crippen LogP contribution in [0.4, 0.5) is 0 Å². The number of hydrogen-bond donors (Lipinski definition) is 2. The van der Waals surface area contributed by atoms with Gasteiger partial charge in [0.05, 0.1) is 0 Å². The third-order valence-electron chi connectivity index (χ3n) is 3.55. The minimum absolute atomic E-state index is 0.0283. The predicted molar refractivity (Wildman–Crippen MR) is 81.7 cm³/mol. The smallest absolute Gasteiger partial charge is 0.197 e. The molecule has 3 heterocycles. The van der Waals surface area contributed by atoms with Gasteiger partial charge in [0.1, 0.15) is 16.7 Å². The van der Waals surface area contributed by atoms with E-state index < -0.39 is 0 Å². The van der Waals surface area contributed by atoms with Crippen molar-refractivity contribution in [1.82, 2.24) is 19.7 Å². The van der Waals surface area contributed by atoms with Crippen LogP contribution >= 0.6 is 11.8 Å². The highest BCUT2D eigenvalue weighted by atomic mass is 32.2. The Morgan fingerprint density at radius 1 is 1.29 bits per heavy atom. The molecule has 3 N–H and O–H groups in total. The molecule has 0 aliphatic carbocycles. The number of nitrogens with zero attached hydrogens (tertiary/aromatic N) is 4. The van der Waals surface area contributed by atoms with E-state index in [4.69, 9.17) is 11.1 Å². The Hall–Kier alpha value is -1.89. The normalized spacial score (nSPS) is 14.5. The van der Waals surface area contributed by atoms with Gasteiger partial charge < -0.3 is 10.3 Å². The summed E-state index contributed by atoms with van der Waals surface area (Å²) in [5.41, 5.74) is 7.19. The number of hydrogen-bond acceptors (Lipinski definition) is 5. The first kappa shape index (κ1) is 14.1. The van der Waals surface area contributed by atoms with Crippen molar-refractivity contribution in [2.24, 2.45) is 5.73 Å². The number of nitrogens with two attached hydrogens (primary N) is 1.